The minimum Gasteiger partial charge on any atom is -0.497 e. The van der Waals surface area contributed by atoms with Crippen molar-refractivity contribution in [1.82, 2.24) is 0 Å². The molecule has 56 valence electrons. The zero-order valence-corrected chi connectivity index (χ0v) is 6.89. The number of benzene rings is 1. The molecule has 0 bridgehead atoms. The Bertz CT molecular complexity index is 262. The molecule has 3 heteroatoms. The van der Waals surface area contributed by atoms with Crippen LogP contribution in [0.2, 0.25) is 0 Å². The molecular weight excluding hydrogens is 158 g/mol. The van der Waals surface area contributed by atoms with Gasteiger partial charge in [-0.05, 0) is 36.0 Å². The summed E-state index contributed by atoms with van der Waals surface area (Å²) >= 11 is 1.14. The fourth-order valence-electron chi connectivity index (χ4n) is 0.696. The zero-order valence-electron chi connectivity index (χ0n) is 6.07. The second-order valence-electron chi connectivity index (χ2n) is 1.87. The van der Waals surface area contributed by atoms with Crippen molar-refractivity contribution in [3.63, 3.8) is 0 Å². The summed E-state index contributed by atoms with van der Waals surface area (Å²) in [5.41, 5.74) is 0. The lowest BCUT2D eigenvalue weighted by Crippen LogP contribution is -1.80. The monoisotopic (exact) mass is 165 g/mol. The maximum atomic E-state index is 8.33. The van der Waals surface area contributed by atoms with Crippen molar-refractivity contribution in [2.24, 2.45) is 0 Å². The summed E-state index contributed by atoms with van der Waals surface area (Å²) in [6.07, 6.45) is 0. The molecule has 0 amide bonds. The molecule has 1 aromatic rings. The lowest BCUT2D eigenvalue weighted by atomic mass is 10.3. The molecule has 0 aromatic heterocycles. The highest BCUT2D eigenvalue weighted by atomic mass is 32.2. The Morgan fingerprint density at radius 2 is 2.00 bits per heavy atom. The average molecular weight is 165 g/mol. The van der Waals surface area contributed by atoms with Gasteiger partial charge in [0.25, 0.3) is 0 Å². The first-order valence-electron chi connectivity index (χ1n) is 3.07. The number of methoxy groups -OCH3 is 1. The standard InChI is InChI=1S/C8H7NOS/c1-10-7-2-4-8(5-3-7)11-6-9/h2-5H,1H3. The third-order valence-electron chi connectivity index (χ3n) is 1.22. The van der Waals surface area contributed by atoms with Crippen molar-refractivity contribution in [2.45, 2.75) is 4.90 Å². The Hall–Kier alpha value is -1.14. The van der Waals surface area contributed by atoms with E-state index >= 15 is 0 Å². The smallest absolute Gasteiger partial charge is 0.138 e. The lowest BCUT2D eigenvalue weighted by Gasteiger charge is -1.97. The van der Waals surface area contributed by atoms with Gasteiger partial charge in [0.15, 0.2) is 0 Å². The van der Waals surface area contributed by atoms with E-state index in [4.69, 9.17) is 10.00 Å². The predicted molar refractivity (Wildman–Crippen MR) is 44.5 cm³/mol. The predicted octanol–water partition coefficient (Wildman–Crippen LogP) is 2.27. The van der Waals surface area contributed by atoms with Crippen LogP contribution >= 0.6 is 11.8 Å². The maximum Gasteiger partial charge on any atom is 0.138 e. The average Bonchev–Trinajstić information content (AvgIpc) is 2.07. The number of nitrogens with zero attached hydrogens (tertiary/aromatic N) is 1. The molecular formula is C8H7NOS. The van der Waals surface area contributed by atoms with Gasteiger partial charge in [0.1, 0.15) is 11.2 Å². The molecule has 0 heterocycles. The van der Waals surface area contributed by atoms with E-state index in [1.54, 1.807) is 7.11 Å². The summed E-state index contributed by atoms with van der Waals surface area (Å²) in [5, 5.41) is 10.3. The largest absolute Gasteiger partial charge is 0.497 e. The Kier molecular flexibility index (Phi) is 2.82. The zero-order chi connectivity index (χ0) is 8.10. The third kappa shape index (κ3) is 2.17. The molecule has 0 spiro atoms. The maximum absolute atomic E-state index is 8.33. The molecule has 0 saturated carbocycles. The normalized spacial score (nSPS) is 8.73. The summed E-state index contributed by atoms with van der Waals surface area (Å²) in [6.45, 7) is 0. The van der Waals surface area contributed by atoms with Gasteiger partial charge in [0.2, 0.25) is 0 Å². The van der Waals surface area contributed by atoms with Crippen molar-refractivity contribution in [3.05, 3.63) is 24.3 Å². The first-order chi connectivity index (χ1) is 5.36. The molecule has 0 aliphatic carbocycles. The summed E-state index contributed by atoms with van der Waals surface area (Å²) in [6, 6.07) is 7.37. The molecule has 0 fully saturated rings. The van der Waals surface area contributed by atoms with Gasteiger partial charge in [-0.3, -0.25) is 0 Å². The molecule has 0 saturated heterocycles. The van der Waals surface area contributed by atoms with Crippen molar-refractivity contribution < 1.29 is 4.74 Å². The minimum atomic E-state index is 0.812. The lowest BCUT2D eigenvalue weighted by molar-refractivity contribution is 0.414. The number of rotatable bonds is 2. The van der Waals surface area contributed by atoms with Gasteiger partial charge < -0.3 is 4.74 Å². The van der Waals surface area contributed by atoms with Gasteiger partial charge in [-0.1, -0.05) is 0 Å². The highest BCUT2D eigenvalue weighted by Crippen LogP contribution is 2.19. The Morgan fingerprint density at radius 1 is 1.36 bits per heavy atom. The van der Waals surface area contributed by atoms with Gasteiger partial charge >= 0.3 is 0 Å². The van der Waals surface area contributed by atoms with Gasteiger partial charge in [0, 0.05) is 4.90 Å². The fraction of sp³-hybridized carbons (Fsp3) is 0.125. The highest BCUT2D eigenvalue weighted by Gasteiger charge is 1.92. The van der Waals surface area contributed by atoms with E-state index in [-0.39, 0.29) is 0 Å². The van der Waals surface area contributed by atoms with Crippen LogP contribution in [0.4, 0.5) is 0 Å². The molecule has 2 nitrogen and oxygen atoms in total. The van der Waals surface area contributed by atoms with Crippen molar-refractivity contribution in [3.8, 4) is 11.2 Å². The molecule has 0 unspecified atom stereocenters. The second-order valence-corrected chi connectivity index (χ2v) is 2.73. The Balaban J connectivity index is 2.76. The molecule has 0 aliphatic heterocycles. The molecule has 0 radical (unpaired) electrons. The topological polar surface area (TPSA) is 33.0 Å². The summed E-state index contributed by atoms with van der Waals surface area (Å²) < 4.78 is 4.96. The van der Waals surface area contributed by atoms with E-state index in [1.807, 2.05) is 29.7 Å². The van der Waals surface area contributed by atoms with Crippen molar-refractivity contribution in [2.75, 3.05) is 7.11 Å². The van der Waals surface area contributed by atoms with Crippen LogP contribution in [0, 0.1) is 10.7 Å². The summed E-state index contributed by atoms with van der Waals surface area (Å²) in [4.78, 5) is 0.938. The number of thiocyanates is 1. The van der Waals surface area contributed by atoms with Crippen LogP contribution in [-0.2, 0) is 0 Å². The number of ether oxygens (including phenoxy) is 1. The third-order valence-corrected chi connectivity index (χ3v) is 1.82. The first-order valence-corrected chi connectivity index (χ1v) is 3.88. The molecule has 0 aliphatic rings. The SMILES string of the molecule is COc1ccc(SC#N)cc1. The molecule has 11 heavy (non-hydrogen) atoms. The van der Waals surface area contributed by atoms with Crippen LogP contribution < -0.4 is 4.74 Å². The van der Waals surface area contributed by atoms with E-state index in [1.165, 1.54) is 0 Å². The number of nitriles is 1. The minimum absolute atomic E-state index is 0.812. The van der Waals surface area contributed by atoms with E-state index in [0.717, 1.165) is 22.4 Å². The van der Waals surface area contributed by atoms with Crippen LogP contribution in [0.15, 0.2) is 29.2 Å². The van der Waals surface area contributed by atoms with Crippen LogP contribution in [0.5, 0.6) is 5.75 Å². The van der Waals surface area contributed by atoms with Crippen LogP contribution in [0.3, 0.4) is 0 Å². The molecule has 1 aromatic carbocycles. The van der Waals surface area contributed by atoms with Crippen LogP contribution in [0.25, 0.3) is 0 Å². The van der Waals surface area contributed by atoms with Crippen molar-refractivity contribution in [1.29, 1.82) is 5.26 Å². The van der Waals surface area contributed by atoms with Gasteiger partial charge in [-0.2, -0.15) is 5.26 Å². The van der Waals surface area contributed by atoms with E-state index in [0.29, 0.717) is 0 Å². The number of hydrogen-bond acceptors (Lipinski definition) is 3. The second kappa shape index (κ2) is 3.89. The molecule has 0 atom stereocenters. The highest BCUT2D eigenvalue weighted by molar-refractivity contribution is 8.03. The van der Waals surface area contributed by atoms with E-state index in [2.05, 4.69) is 0 Å². The van der Waals surface area contributed by atoms with Gasteiger partial charge in [-0.15, -0.1) is 0 Å². The molecule has 0 N–H and O–H groups in total. The Labute approximate surface area is 69.8 Å². The fourth-order valence-corrected chi connectivity index (χ4v) is 1.07. The number of hydrogen-bond donors (Lipinski definition) is 0. The van der Waals surface area contributed by atoms with E-state index < -0.39 is 0 Å². The van der Waals surface area contributed by atoms with E-state index in [9.17, 15) is 0 Å². The van der Waals surface area contributed by atoms with Crippen molar-refractivity contribution >= 4 is 11.8 Å². The molecule has 1 rings (SSSR count). The van der Waals surface area contributed by atoms with Gasteiger partial charge in [0.05, 0.1) is 7.11 Å². The van der Waals surface area contributed by atoms with Gasteiger partial charge in [-0.25, -0.2) is 0 Å². The quantitative estimate of drug-likeness (QED) is 0.498. The van der Waals surface area contributed by atoms with Crippen LogP contribution in [-0.4, -0.2) is 7.11 Å². The Morgan fingerprint density at radius 3 is 2.45 bits per heavy atom. The first kappa shape index (κ1) is 7.96. The number of thioether (sulfide) groups is 1. The van der Waals surface area contributed by atoms with Crippen LogP contribution in [0.1, 0.15) is 0 Å². The summed E-state index contributed by atoms with van der Waals surface area (Å²) in [7, 11) is 1.62. The summed E-state index contributed by atoms with van der Waals surface area (Å²) in [5.74, 6) is 0.812.